The van der Waals surface area contributed by atoms with E-state index >= 15 is 0 Å². The average molecular weight is 356 g/mol. The van der Waals surface area contributed by atoms with Crippen LogP contribution >= 0.6 is 11.6 Å². The predicted molar refractivity (Wildman–Crippen MR) is 93.8 cm³/mol. The van der Waals surface area contributed by atoms with Gasteiger partial charge in [0.1, 0.15) is 11.3 Å². The lowest BCUT2D eigenvalue weighted by molar-refractivity contribution is 0.0693. The van der Waals surface area contributed by atoms with Gasteiger partial charge in [-0.1, -0.05) is 48.0 Å². The second kappa shape index (κ2) is 7.29. The highest BCUT2D eigenvalue weighted by Crippen LogP contribution is 2.30. The maximum atomic E-state index is 11.4. The molecule has 7 heteroatoms. The summed E-state index contributed by atoms with van der Waals surface area (Å²) in [6, 6.07) is 14.1. The fourth-order valence-electron chi connectivity index (χ4n) is 2.15. The van der Waals surface area contributed by atoms with Crippen molar-refractivity contribution in [1.29, 1.82) is 0 Å². The fraction of sp³-hybridized carbons (Fsp3) is 0.0556. The Kier molecular flexibility index (Phi) is 4.92. The third-order valence-electron chi connectivity index (χ3n) is 3.48. The zero-order chi connectivity index (χ0) is 17.8. The Morgan fingerprint density at radius 1 is 1.16 bits per heavy atom. The molecule has 25 heavy (non-hydrogen) atoms. The summed E-state index contributed by atoms with van der Waals surface area (Å²) in [6.07, 6.45) is 1.22. The molecule has 3 rings (SSSR count). The minimum absolute atomic E-state index is 0.0755. The van der Waals surface area contributed by atoms with Crippen molar-refractivity contribution in [3.63, 3.8) is 0 Å². The largest absolute Gasteiger partial charge is 0.477 e. The van der Waals surface area contributed by atoms with Gasteiger partial charge in [-0.25, -0.2) is 9.78 Å². The number of rotatable bonds is 5. The summed E-state index contributed by atoms with van der Waals surface area (Å²) in [5.74, 6) is -0.606. The molecule has 1 aromatic heterocycles. The van der Waals surface area contributed by atoms with E-state index in [0.717, 1.165) is 11.1 Å². The van der Waals surface area contributed by atoms with Crippen LogP contribution in [-0.2, 0) is 6.54 Å². The van der Waals surface area contributed by atoms with Crippen LogP contribution in [0.3, 0.4) is 0 Å². The third-order valence-corrected chi connectivity index (χ3v) is 3.79. The smallest absolute Gasteiger partial charge is 0.342 e. The molecular formula is C18H14ClN3O3. The van der Waals surface area contributed by atoms with Gasteiger partial charge in [-0.2, -0.15) is 4.98 Å². The van der Waals surface area contributed by atoms with Gasteiger partial charge in [-0.15, -0.1) is 0 Å². The molecule has 0 amide bonds. The van der Waals surface area contributed by atoms with Crippen molar-refractivity contribution >= 4 is 17.6 Å². The average Bonchev–Trinajstić information content (AvgIpc) is 2.63. The Bertz CT molecular complexity index is 914. The van der Waals surface area contributed by atoms with Crippen molar-refractivity contribution in [2.24, 2.45) is 5.73 Å². The first-order valence-electron chi connectivity index (χ1n) is 7.40. The maximum Gasteiger partial charge on any atom is 0.342 e. The molecule has 0 fully saturated rings. The molecule has 0 aliphatic heterocycles. The molecule has 0 aliphatic carbocycles. The highest BCUT2D eigenvalue weighted by molar-refractivity contribution is 6.32. The maximum absolute atomic E-state index is 11.4. The Morgan fingerprint density at radius 3 is 2.52 bits per heavy atom. The van der Waals surface area contributed by atoms with Gasteiger partial charge in [0.05, 0.1) is 5.02 Å². The number of para-hydroxylation sites is 1. The number of nitrogens with two attached hydrogens (primary N) is 1. The van der Waals surface area contributed by atoms with Crippen molar-refractivity contribution in [2.45, 2.75) is 6.54 Å². The predicted octanol–water partition coefficient (Wildman–Crippen LogP) is 3.75. The van der Waals surface area contributed by atoms with E-state index in [1.165, 1.54) is 6.20 Å². The van der Waals surface area contributed by atoms with Crippen molar-refractivity contribution < 1.29 is 14.6 Å². The summed E-state index contributed by atoms with van der Waals surface area (Å²) in [4.78, 5) is 19.8. The van der Waals surface area contributed by atoms with E-state index in [-0.39, 0.29) is 11.4 Å². The zero-order valence-corrected chi connectivity index (χ0v) is 13.8. The van der Waals surface area contributed by atoms with E-state index in [1.54, 1.807) is 24.3 Å². The summed E-state index contributed by atoms with van der Waals surface area (Å²) >= 11 is 6.07. The number of hydrogen-bond acceptors (Lipinski definition) is 5. The standard InChI is InChI=1S/C18H14ClN3O3/c19-14-3-1-2-4-15(14)25-17-13(18(23)24)10-21-16(22-17)12-7-5-11(9-20)6-8-12/h1-8,10H,9,20H2,(H,23,24). The summed E-state index contributed by atoms with van der Waals surface area (Å²) in [5.41, 5.74) is 7.13. The van der Waals surface area contributed by atoms with Crippen molar-refractivity contribution in [3.8, 4) is 23.0 Å². The molecule has 6 nitrogen and oxygen atoms in total. The van der Waals surface area contributed by atoms with Gasteiger partial charge in [0, 0.05) is 18.3 Å². The summed E-state index contributed by atoms with van der Waals surface area (Å²) in [6.45, 7) is 0.431. The number of aromatic carboxylic acids is 1. The Morgan fingerprint density at radius 2 is 1.88 bits per heavy atom. The molecule has 0 atom stereocenters. The number of nitrogens with zero attached hydrogens (tertiary/aromatic N) is 2. The van der Waals surface area contributed by atoms with Crippen LogP contribution in [0, 0.1) is 0 Å². The normalized spacial score (nSPS) is 10.5. The zero-order valence-electron chi connectivity index (χ0n) is 13.0. The van der Waals surface area contributed by atoms with Gasteiger partial charge >= 0.3 is 5.97 Å². The van der Waals surface area contributed by atoms with Crippen LogP contribution in [0.1, 0.15) is 15.9 Å². The molecule has 0 unspecified atom stereocenters. The van der Waals surface area contributed by atoms with Crippen LogP contribution < -0.4 is 10.5 Å². The number of carbonyl (C=O) groups is 1. The quantitative estimate of drug-likeness (QED) is 0.723. The first kappa shape index (κ1) is 16.9. The number of ether oxygens (including phenoxy) is 1. The number of halogens is 1. The number of hydrogen-bond donors (Lipinski definition) is 2. The van der Waals surface area contributed by atoms with Crippen LogP contribution in [0.2, 0.25) is 5.02 Å². The second-order valence-electron chi connectivity index (χ2n) is 5.15. The van der Waals surface area contributed by atoms with Crippen LogP contribution in [0.15, 0.2) is 54.7 Å². The molecule has 0 bridgehead atoms. The molecule has 3 aromatic rings. The first-order chi connectivity index (χ1) is 12.1. The number of carboxylic acid groups (broad SMARTS) is 1. The second-order valence-corrected chi connectivity index (χ2v) is 5.56. The molecule has 0 aliphatic rings. The Balaban J connectivity index is 2.02. The molecule has 0 radical (unpaired) electrons. The van der Waals surface area contributed by atoms with E-state index in [2.05, 4.69) is 9.97 Å². The number of carboxylic acids is 1. The lowest BCUT2D eigenvalue weighted by Gasteiger charge is -2.10. The highest BCUT2D eigenvalue weighted by atomic mass is 35.5. The van der Waals surface area contributed by atoms with Gasteiger partial charge < -0.3 is 15.6 Å². The van der Waals surface area contributed by atoms with Crippen LogP contribution in [0.25, 0.3) is 11.4 Å². The fourth-order valence-corrected chi connectivity index (χ4v) is 2.33. The van der Waals surface area contributed by atoms with Crippen LogP contribution in [0.4, 0.5) is 0 Å². The van der Waals surface area contributed by atoms with Gasteiger partial charge in [0.25, 0.3) is 0 Å². The molecule has 0 spiro atoms. The highest BCUT2D eigenvalue weighted by Gasteiger charge is 2.17. The Labute approximate surface area is 148 Å². The van der Waals surface area contributed by atoms with E-state index < -0.39 is 5.97 Å². The summed E-state index contributed by atoms with van der Waals surface area (Å²) < 4.78 is 5.62. The monoisotopic (exact) mass is 355 g/mol. The topological polar surface area (TPSA) is 98.3 Å². The van der Waals surface area contributed by atoms with E-state index in [4.69, 9.17) is 22.1 Å². The molecule has 3 N–H and O–H groups in total. The van der Waals surface area contributed by atoms with E-state index in [1.807, 2.05) is 24.3 Å². The minimum atomic E-state index is -1.19. The summed E-state index contributed by atoms with van der Waals surface area (Å²) in [7, 11) is 0. The minimum Gasteiger partial charge on any atom is -0.477 e. The van der Waals surface area contributed by atoms with Crippen molar-refractivity contribution in [3.05, 3.63) is 70.9 Å². The molecule has 2 aromatic carbocycles. The third kappa shape index (κ3) is 3.76. The lowest BCUT2D eigenvalue weighted by Crippen LogP contribution is -2.05. The van der Waals surface area contributed by atoms with Crippen molar-refractivity contribution in [1.82, 2.24) is 9.97 Å². The van der Waals surface area contributed by atoms with Crippen LogP contribution in [-0.4, -0.2) is 21.0 Å². The van der Waals surface area contributed by atoms with Gasteiger partial charge in [-0.3, -0.25) is 0 Å². The lowest BCUT2D eigenvalue weighted by atomic mass is 10.1. The van der Waals surface area contributed by atoms with Gasteiger partial charge in [0.15, 0.2) is 5.82 Å². The molecule has 1 heterocycles. The Hall–Kier alpha value is -2.96. The molecule has 0 saturated carbocycles. The number of aromatic nitrogens is 2. The van der Waals surface area contributed by atoms with E-state index in [9.17, 15) is 9.90 Å². The number of benzene rings is 2. The molecule has 126 valence electrons. The summed E-state index contributed by atoms with van der Waals surface area (Å²) in [5, 5.41) is 9.69. The van der Waals surface area contributed by atoms with Gasteiger partial charge in [0.2, 0.25) is 5.88 Å². The van der Waals surface area contributed by atoms with Gasteiger partial charge in [-0.05, 0) is 17.7 Å². The SMILES string of the molecule is NCc1ccc(-c2ncc(C(=O)O)c(Oc3ccccc3Cl)n2)cc1. The molecular weight excluding hydrogens is 342 g/mol. The first-order valence-corrected chi connectivity index (χ1v) is 7.78. The van der Waals surface area contributed by atoms with E-state index in [0.29, 0.717) is 23.1 Å². The van der Waals surface area contributed by atoms with Crippen LogP contribution in [0.5, 0.6) is 11.6 Å². The van der Waals surface area contributed by atoms with Crippen molar-refractivity contribution in [2.75, 3.05) is 0 Å². The molecule has 0 saturated heterocycles.